The number of carboxylic acid groups (broad SMARTS) is 1. The van der Waals surface area contributed by atoms with Gasteiger partial charge in [0, 0.05) is 0 Å². The van der Waals surface area contributed by atoms with Crippen molar-refractivity contribution in [1.29, 1.82) is 0 Å². The summed E-state index contributed by atoms with van der Waals surface area (Å²) in [5.41, 5.74) is 5.54. The van der Waals surface area contributed by atoms with Crippen molar-refractivity contribution >= 4 is 18.6 Å². The predicted molar refractivity (Wildman–Crippen MR) is 84.6 cm³/mol. The van der Waals surface area contributed by atoms with E-state index >= 15 is 0 Å². The third-order valence-corrected chi connectivity index (χ3v) is 3.95. The fourth-order valence-electron chi connectivity index (χ4n) is 2.17. The number of hydrogen-bond donors (Lipinski definition) is 3. The van der Waals surface area contributed by atoms with Crippen LogP contribution in [0.2, 0.25) is 0 Å². The second-order valence-electron chi connectivity index (χ2n) is 5.51. The SMILES string of the molecule is CCCCCCCCCCCCCC(N)(S)C(=O)O. The van der Waals surface area contributed by atoms with E-state index in [1.807, 2.05) is 0 Å². The van der Waals surface area contributed by atoms with E-state index in [9.17, 15) is 4.79 Å². The first-order valence-corrected chi connectivity index (χ1v) is 8.20. The molecule has 0 aromatic carbocycles. The van der Waals surface area contributed by atoms with Gasteiger partial charge in [-0.1, -0.05) is 77.6 Å². The Morgan fingerprint density at radius 2 is 1.32 bits per heavy atom. The van der Waals surface area contributed by atoms with Crippen molar-refractivity contribution in [3.05, 3.63) is 0 Å². The molecule has 0 heterocycles. The summed E-state index contributed by atoms with van der Waals surface area (Å²) in [6.45, 7) is 2.24. The number of hydrogen-bond acceptors (Lipinski definition) is 3. The van der Waals surface area contributed by atoms with Crippen LogP contribution in [0, 0.1) is 0 Å². The first-order chi connectivity index (χ1) is 9.00. The molecule has 114 valence electrons. The summed E-state index contributed by atoms with van der Waals surface area (Å²) in [5.74, 6) is -1.03. The predicted octanol–water partition coefficient (Wildman–Crippen LogP) is 4.36. The summed E-state index contributed by atoms with van der Waals surface area (Å²) < 4.78 is 0. The number of carboxylic acids is 1. The third-order valence-electron chi connectivity index (χ3n) is 3.53. The molecular weight excluding hydrogens is 258 g/mol. The van der Waals surface area contributed by atoms with E-state index < -0.39 is 10.8 Å². The molecule has 0 aliphatic rings. The normalized spacial score (nSPS) is 14.3. The smallest absolute Gasteiger partial charge is 0.333 e. The van der Waals surface area contributed by atoms with E-state index in [4.69, 9.17) is 10.8 Å². The second-order valence-corrected chi connectivity index (χ2v) is 6.31. The minimum atomic E-state index is -1.35. The highest BCUT2D eigenvalue weighted by atomic mass is 32.1. The lowest BCUT2D eigenvalue weighted by molar-refractivity contribution is -0.139. The zero-order valence-electron chi connectivity index (χ0n) is 12.4. The number of rotatable bonds is 13. The van der Waals surface area contributed by atoms with Gasteiger partial charge in [0.15, 0.2) is 4.87 Å². The van der Waals surface area contributed by atoms with E-state index in [1.165, 1.54) is 57.8 Å². The Hall–Kier alpha value is -0.220. The van der Waals surface area contributed by atoms with Crippen LogP contribution in [-0.4, -0.2) is 15.9 Å². The van der Waals surface area contributed by atoms with Gasteiger partial charge in [0.1, 0.15) is 0 Å². The molecule has 0 spiro atoms. The van der Waals surface area contributed by atoms with Gasteiger partial charge in [0.2, 0.25) is 0 Å². The number of aliphatic carboxylic acids is 1. The van der Waals surface area contributed by atoms with Crippen LogP contribution in [0.25, 0.3) is 0 Å². The lowest BCUT2D eigenvalue weighted by atomic mass is 10.0. The Morgan fingerprint density at radius 1 is 0.947 bits per heavy atom. The van der Waals surface area contributed by atoms with Gasteiger partial charge in [0.25, 0.3) is 0 Å². The molecule has 3 N–H and O–H groups in total. The molecule has 0 aromatic rings. The van der Waals surface area contributed by atoms with Crippen molar-refractivity contribution in [2.45, 2.75) is 88.8 Å². The van der Waals surface area contributed by atoms with Crippen LogP contribution in [0.3, 0.4) is 0 Å². The molecule has 0 radical (unpaired) electrons. The summed E-state index contributed by atoms with van der Waals surface area (Å²) in [4.78, 5) is 9.38. The minimum Gasteiger partial charge on any atom is -0.479 e. The van der Waals surface area contributed by atoms with Crippen molar-refractivity contribution in [3.8, 4) is 0 Å². The molecule has 0 fully saturated rings. The Morgan fingerprint density at radius 3 is 1.68 bits per heavy atom. The van der Waals surface area contributed by atoms with Gasteiger partial charge in [-0.3, -0.25) is 0 Å². The number of nitrogens with two attached hydrogens (primary N) is 1. The van der Waals surface area contributed by atoms with Gasteiger partial charge >= 0.3 is 5.97 Å². The van der Waals surface area contributed by atoms with Crippen molar-refractivity contribution in [3.63, 3.8) is 0 Å². The van der Waals surface area contributed by atoms with Crippen molar-refractivity contribution in [2.24, 2.45) is 5.73 Å². The van der Waals surface area contributed by atoms with Gasteiger partial charge < -0.3 is 10.8 Å². The summed E-state index contributed by atoms with van der Waals surface area (Å²) >= 11 is 3.96. The molecule has 0 bridgehead atoms. The van der Waals surface area contributed by atoms with Gasteiger partial charge in [-0.25, -0.2) is 4.79 Å². The topological polar surface area (TPSA) is 63.3 Å². The lowest BCUT2D eigenvalue weighted by Gasteiger charge is -2.17. The molecule has 1 atom stereocenters. The monoisotopic (exact) mass is 289 g/mol. The van der Waals surface area contributed by atoms with Gasteiger partial charge in [-0.15, -0.1) is 12.6 Å². The molecule has 0 saturated carbocycles. The molecule has 0 amide bonds. The average molecular weight is 289 g/mol. The lowest BCUT2D eigenvalue weighted by Crippen LogP contribution is -2.42. The zero-order chi connectivity index (χ0) is 14.6. The van der Waals surface area contributed by atoms with Crippen LogP contribution in [0.15, 0.2) is 0 Å². The quantitative estimate of drug-likeness (QED) is 0.268. The first kappa shape index (κ1) is 18.8. The van der Waals surface area contributed by atoms with E-state index in [0.717, 1.165) is 12.8 Å². The maximum Gasteiger partial charge on any atom is 0.333 e. The van der Waals surface area contributed by atoms with Gasteiger partial charge in [-0.05, 0) is 6.42 Å². The van der Waals surface area contributed by atoms with Crippen LogP contribution < -0.4 is 5.73 Å². The van der Waals surface area contributed by atoms with Crippen molar-refractivity contribution < 1.29 is 9.90 Å². The Balaban J connectivity index is 3.21. The Labute approximate surface area is 123 Å². The average Bonchev–Trinajstić information content (AvgIpc) is 2.35. The highest BCUT2D eigenvalue weighted by Crippen LogP contribution is 2.18. The number of carbonyl (C=O) groups is 1. The summed E-state index contributed by atoms with van der Waals surface area (Å²) in [6.07, 6.45) is 14.2. The van der Waals surface area contributed by atoms with Crippen molar-refractivity contribution in [2.75, 3.05) is 0 Å². The molecular formula is C15H31NO2S. The Kier molecular flexibility index (Phi) is 11.5. The van der Waals surface area contributed by atoms with E-state index in [2.05, 4.69) is 19.6 Å². The molecule has 0 aliphatic heterocycles. The second kappa shape index (κ2) is 11.6. The zero-order valence-corrected chi connectivity index (χ0v) is 13.3. The van der Waals surface area contributed by atoms with Crippen molar-refractivity contribution in [1.82, 2.24) is 0 Å². The number of unbranched alkanes of at least 4 members (excludes halogenated alkanes) is 10. The highest BCUT2D eigenvalue weighted by Gasteiger charge is 2.28. The van der Waals surface area contributed by atoms with E-state index in [-0.39, 0.29) is 0 Å². The molecule has 19 heavy (non-hydrogen) atoms. The fraction of sp³-hybridized carbons (Fsp3) is 0.933. The van der Waals surface area contributed by atoms with Gasteiger partial charge in [0.05, 0.1) is 0 Å². The van der Waals surface area contributed by atoms with Crippen LogP contribution in [0.1, 0.15) is 84.0 Å². The summed E-state index contributed by atoms with van der Waals surface area (Å²) in [6, 6.07) is 0. The maximum atomic E-state index is 10.7. The van der Waals surface area contributed by atoms with E-state index in [1.54, 1.807) is 0 Å². The fourth-order valence-corrected chi connectivity index (χ4v) is 2.32. The maximum absolute atomic E-state index is 10.7. The molecule has 1 unspecified atom stereocenters. The van der Waals surface area contributed by atoms with Crippen LogP contribution >= 0.6 is 12.6 Å². The molecule has 4 heteroatoms. The van der Waals surface area contributed by atoms with Crippen LogP contribution in [0.4, 0.5) is 0 Å². The summed E-state index contributed by atoms with van der Waals surface area (Å²) in [5, 5.41) is 8.80. The molecule has 0 aliphatic carbocycles. The molecule has 0 aromatic heterocycles. The standard InChI is InChI=1S/C15H31NO2S/c1-2-3-4-5-6-7-8-9-10-11-12-13-15(16,19)14(17)18/h19H,2-13,16H2,1H3,(H,17,18). The van der Waals surface area contributed by atoms with Gasteiger partial charge in [-0.2, -0.15) is 0 Å². The number of thiol groups is 1. The Bertz CT molecular complexity index is 232. The highest BCUT2D eigenvalue weighted by molar-refractivity contribution is 7.82. The molecule has 3 nitrogen and oxygen atoms in total. The third kappa shape index (κ3) is 11.3. The minimum absolute atomic E-state index is 0.447. The van der Waals surface area contributed by atoms with E-state index in [0.29, 0.717) is 6.42 Å². The van der Waals surface area contributed by atoms with Crippen LogP contribution in [-0.2, 0) is 4.79 Å². The summed E-state index contributed by atoms with van der Waals surface area (Å²) in [7, 11) is 0. The molecule has 0 rings (SSSR count). The van der Waals surface area contributed by atoms with Crippen LogP contribution in [0.5, 0.6) is 0 Å². The largest absolute Gasteiger partial charge is 0.479 e. The molecule has 0 saturated heterocycles. The first-order valence-electron chi connectivity index (χ1n) is 7.75.